The normalized spacial score (nSPS) is 16.2. The van der Waals surface area contributed by atoms with Crippen LogP contribution in [0.1, 0.15) is 17.2 Å². The van der Waals surface area contributed by atoms with E-state index in [9.17, 15) is 4.79 Å². The maximum atomic E-state index is 12.3. The maximum absolute atomic E-state index is 12.3. The van der Waals surface area contributed by atoms with Gasteiger partial charge in [0.15, 0.2) is 11.5 Å². The van der Waals surface area contributed by atoms with E-state index in [1.165, 1.54) is 0 Å². The van der Waals surface area contributed by atoms with Gasteiger partial charge in [-0.2, -0.15) is 0 Å². The molecule has 0 saturated carbocycles. The molecule has 6 heteroatoms. The summed E-state index contributed by atoms with van der Waals surface area (Å²) in [6.07, 6.45) is 0.262. The van der Waals surface area contributed by atoms with Crippen LogP contribution in [-0.2, 0) is 11.3 Å². The molecule has 25 heavy (non-hydrogen) atoms. The third-order valence-electron chi connectivity index (χ3n) is 3.97. The first-order valence-corrected chi connectivity index (χ1v) is 8.14. The van der Waals surface area contributed by atoms with Crippen LogP contribution < -0.4 is 9.47 Å². The molecule has 1 amide bonds. The van der Waals surface area contributed by atoms with Gasteiger partial charge in [-0.1, -0.05) is 42.4 Å². The zero-order valence-corrected chi connectivity index (χ0v) is 14.5. The molecule has 0 aliphatic carbocycles. The molecule has 0 N–H and O–H groups in total. The molecule has 5 nitrogen and oxygen atoms in total. The molecule has 1 aliphatic rings. The van der Waals surface area contributed by atoms with Gasteiger partial charge in [-0.15, -0.1) is 0 Å². The van der Waals surface area contributed by atoms with Crippen LogP contribution in [0.4, 0.5) is 4.79 Å². The van der Waals surface area contributed by atoms with Crippen LogP contribution in [0.3, 0.4) is 0 Å². The van der Waals surface area contributed by atoms with Crippen LogP contribution in [0.5, 0.6) is 11.5 Å². The predicted octanol–water partition coefficient (Wildman–Crippen LogP) is 4.56. The molecule has 1 heterocycles. The summed E-state index contributed by atoms with van der Waals surface area (Å²) in [5, 5.41) is 0.637. The Bertz CT molecular complexity index is 775. The van der Waals surface area contributed by atoms with Gasteiger partial charge in [0.2, 0.25) is 0 Å². The van der Waals surface area contributed by atoms with E-state index < -0.39 is 6.09 Å². The highest BCUT2D eigenvalue weighted by atomic mass is 35.5. The Kier molecular flexibility index (Phi) is 5.14. The van der Waals surface area contributed by atoms with Crippen molar-refractivity contribution in [1.82, 2.24) is 4.90 Å². The van der Waals surface area contributed by atoms with E-state index in [0.29, 0.717) is 29.6 Å². The summed E-state index contributed by atoms with van der Waals surface area (Å²) < 4.78 is 16.6. The average Bonchev–Trinajstić information content (AvgIpc) is 2.82. The third-order valence-corrected chi connectivity index (χ3v) is 4.22. The second-order valence-corrected chi connectivity index (χ2v) is 5.97. The standard InChI is InChI=1S/C19H18ClNO4/c1-3-24-19(22)21-11-14-5-4-6-16(23-2)18(14)25-17(12-21)13-7-9-15(20)10-8-13/h3-10,17H,1,11-12H2,2H3. The fraction of sp³-hybridized carbons (Fsp3) is 0.211. The zero-order chi connectivity index (χ0) is 17.8. The number of fused-ring (bicyclic) bond motifs is 1. The Morgan fingerprint density at radius 3 is 2.76 bits per heavy atom. The van der Waals surface area contributed by atoms with Gasteiger partial charge >= 0.3 is 6.09 Å². The van der Waals surface area contributed by atoms with Crippen molar-refractivity contribution in [3.63, 3.8) is 0 Å². The maximum Gasteiger partial charge on any atom is 0.415 e. The number of methoxy groups -OCH3 is 1. The van der Waals surface area contributed by atoms with Crippen molar-refractivity contribution < 1.29 is 19.0 Å². The van der Waals surface area contributed by atoms with Gasteiger partial charge < -0.3 is 14.2 Å². The van der Waals surface area contributed by atoms with E-state index in [0.717, 1.165) is 17.4 Å². The fourth-order valence-corrected chi connectivity index (χ4v) is 2.89. The Labute approximate surface area is 151 Å². The lowest BCUT2D eigenvalue weighted by Gasteiger charge is -2.23. The van der Waals surface area contributed by atoms with E-state index in [4.69, 9.17) is 25.8 Å². The van der Waals surface area contributed by atoms with Crippen LogP contribution in [-0.4, -0.2) is 24.6 Å². The summed E-state index contributed by atoms with van der Waals surface area (Å²) in [4.78, 5) is 13.8. The van der Waals surface area contributed by atoms with Crippen LogP contribution in [0.2, 0.25) is 5.02 Å². The summed E-state index contributed by atoms with van der Waals surface area (Å²) >= 11 is 5.98. The topological polar surface area (TPSA) is 48.0 Å². The summed E-state index contributed by atoms with van der Waals surface area (Å²) in [5.41, 5.74) is 1.75. The van der Waals surface area contributed by atoms with Crippen molar-refractivity contribution in [2.75, 3.05) is 13.7 Å². The molecule has 0 radical (unpaired) electrons. The highest BCUT2D eigenvalue weighted by molar-refractivity contribution is 6.30. The first-order valence-electron chi connectivity index (χ1n) is 7.77. The number of hydrogen-bond acceptors (Lipinski definition) is 4. The van der Waals surface area contributed by atoms with Crippen molar-refractivity contribution in [1.29, 1.82) is 0 Å². The lowest BCUT2D eigenvalue weighted by Crippen LogP contribution is -2.33. The van der Waals surface area contributed by atoms with Gasteiger partial charge in [0.25, 0.3) is 0 Å². The second-order valence-electron chi connectivity index (χ2n) is 5.54. The molecule has 1 atom stereocenters. The molecule has 0 aromatic heterocycles. The van der Waals surface area contributed by atoms with E-state index >= 15 is 0 Å². The van der Waals surface area contributed by atoms with Crippen molar-refractivity contribution in [3.05, 3.63) is 71.5 Å². The molecule has 1 unspecified atom stereocenters. The van der Waals surface area contributed by atoms with Gasteiger partial charge in [0, 0.05) is 10.6 Å². The summed E-state index contributed by atoms with van der Waals surface area (Å²) in [5.74, 6) is 1.24. The molecule has 0 spiro atoms. The Morgan fingerprint density at radius 1 is 1.32 bits per heavy atom. The van der Waals surface area contributed by atoms with Gasteiger partial charge in [-0.05, 0) is 23.8 Å². The molecule has 3 rings (SSSR count). The molecule has 2 aromatic carbocycles. The van der Waals surface area contributed by atoms with Crippen LogP contribution >= 0.6 is 11.6 Å². The van der Waals surface area contributed by atoms with Crippen LogP contribution in [0.25, 0.3) is 0 Å². The fourth-order valence-electron chi connectivity index (χ4n) is 2.77. The van der Waals surface area contributed by atoms with Crippen molar-refractivity contribution in [2.45, 2.75) is 12.6 Å². The van der Waals surface area contributed by atoms with Crippen LogP contribution in [0.15, 0.2) is 55.3 Å². The minimum atomic E-state index is -0.478. The number of hydrogen-bond donors (Lipinski definition) is 0. The van der Waals surface area contributed by atoms with E-state index in [1.54, 1.807) is 24.1 Å². The predicted molar refractivity (Wildman–Crippen MR) is 94.9 cm³/mol. The Balaban J connectivity index is 2.01. The molecule has 1 aliphatic heterocycles. The summed E-state index contributed by atoms with van der Waals surface area (Å²) in [7, 11) is 1.59. The first kappa shape index (κ1) is 17.2. The van der Waals surface area contributed by atoms with E-state index in [1.807, 2.05) is 30.3 Å². The monoisotopic (exact) mass is 359 g/mol. The number of amides is 1. The highest BCUT2D eigenvalue weighted by Crippen LogP contribution is 2.38. The molecular formula is C19H18ClNO4. The largest absolute Gasteiger partial charge is 0.493 e. The lowest BCUT2D eigenvalue weighted by atomic mass is 10.1. The van der Waals surface area contributed by atoms with Gasteiger partial charge in [-0.25, -0.2) is 4.79 Å². The number of halogens is 1. The minimum absolute atomic E-state index is 0.326. The summed E-state index contributed by atoms with van der Waals surface area (Å²) in [6.45, 7) is 4.12. The number of para-hydroxylation sites is 1. The Hall–Kier alpha value is -2.66. The number of benzene rings is 2. The molecule has 0 bridgehead atoms. The number of nitrogens with zero attached hydrogens (tertiary/aromatic N) is 1. The van der Waals surface area contributed by atoms with E-state index in [-0.39, 0.29) is 6.10 Å². The number of ether oxygens (including phenoxy) is 3. The van der Waals surface area contributed by atoms with Crippen molar-refractivity contribution in [2.24, 2.45) is 0 Å². The molecule has 2 aromatic rings. The minimum Gasteiger partial charge on any atom is -0.493 e. The number of carbonyl (C=O) groups excluding carboxylic acids is 1. The molecule has 0 fully saturated rings. The van der Waals surface area contributed by atoms with Crippen molar-refractivity contribution in [3.8, 4) is 11.5 Å². The molecular weight excluding hydrogens is 342 g/mol. The van der Waals surface area contributed by atoms with Gasteiger partial charge in [0.1, 0.15) is 6.10 Å². The number of carbonyl (C=O) groups is 1. The zero-order valence-electron chi connectivity index (χ0n) is 13.8. The van der Waals surface area contributed by atoms with Gasteiger partial charge in [0.05, 0.1) is 26.5 Å². The quantitative estimate of drug-likeness (QED) is 0.753. The van der Waals surface area contributed by atoms with E-state index in [2.05, 4.69) is 6.58 Å². The third kappa shape index (κ3) is 3.72. The first-order chi connectivity index (χ1) is 12.1. The smallest absolute Gasteiger partial charge is 0.415 e. The number of rotatable bonds is 3. The SMILES string of the molecule is C=COC(=O)N1Cc2cccc(OC)c2OC(c2ccc(Cl)cc2)C1. The Morgan fingerprint density at radius 2 is 2.08 bits per heavy atom. The molecule has 130 valence electrons. The van der Waals surface area contributed by atoms with Crippen LogP contribution in [0, 0.1) is 0 Å². The van der Waals surface area contributed by atoms with Crippen molar-refractivity contribution >= 4 is 17.7 Å². The molecule has 0 saturated heterocycles. The summed E-state index contributed by atoms with van der Waals surface area (Å²) in [6, 6.07) is 12.9. The van der Waals surface area contributed by atoms with Gasteiger partial charge in [-0.3, -0.25) is 4.90 Å². The highest BCUT2D eigenvalue weighted by Gasteiger charge is 2.29. The second kappa shape index (κ2) is 7.49. The lowest BCUT2D eigenvalue weighted by molar-refractivity contribution is 0.110. The average molecular weight is 360 g/mol.